The molecule has 4 heterocycles. The quantitative estimate of drug-likeness (QED) is 0.501. The molecule has 0 spiro atoms. The van der Waals surface area contributed by atoms with E-state index in [1.54, 1.807) is 30.8 Å². The van der Waals surface area contributed by atoms with Crippen molar-refractivity contribution in [2.45, 2.75) is 18.7 Å². The molecule has 0 aliphatic heterocycles. The SMILES string of the molecule is CCS(=O)(=O)c1ccc(-n2cnc(Cl)n2)nc1-c1nc2cc(C)ncc2n1C. The van der Waals surface area contributed by atoms with Gasteiger partial charge in [0.1, 0.15) is 12.0 Å². The van der Waals surface area contributed by atoms with Crippen molar-refractivity contribution in [3.63, 3.8) is 0 Å². The second-order valence-electron chi connectivity index (χ2n) is 6.19. The number of nitrogens with zero attached hydrogens (tertiary/aromatic N) is 7. The number of hydrogen-bond donors (Lipinski definition) is 0. The largest absolute Gasteiger partial charge is 0.324 e. The van der Waals surface area contributed by atoms with E-state index >= 15 is 0 Å². The van der Waals surface area contributed by atoms with Gasteiger partial charge < -0.3 is 4.57 Å². The van der Waals surface area contributed by atoms with Crippen molar-refractivity contribution in [3.8, 4) is 17.3 Å². The summed E-state index contributed by atoms with van der Waals surface area (Å²) in [6.07, 6.45) is 3.11. The fourth-order valence-corrected chi connectivity index (χ4v) is 4.03. The van der Waals surface area contributed by atoms with Crippen molar-refractivity contribution >= 4 is 32.5 Å². The second-order valence-corrected chi connectivity index (χ2v) is 8.77. The van der Waals surface area contributed by atoms with Gasteiger partial charge in [0.15, 0.2) is 21.5 Å². The van der Waals surface area contributed by atoms with Crippen LogP contribution in [0.5, 0.6) is 0 Å². The molecule has 4 rings (SSSR count). The normalized spacial score (nSPS) is 12.0. The fraction of sp³-hybridized carbons (Fsp3) is 0.235. The number of rotatable bonds is 4. The van der Waals surface area contributed by atoms with Crippen molar-refractivity contribution in [1.29, 1.82) is 0 Å². The molecule has 0 atom stereocenters. The van der Waals surface area contributed by atoms with Crippen molar-refractivity contribution in [1.82, 2.24) is 34.3 Å². The molecule has 9 nitrogen and oxygen atoms in total. The zero-order chi connectivity index (χ0) is 20.1. The minimum atomic E-state index is -3.54. The van der Waals surface area contributed by atoms with Crippen LogP contribution in [0.25, 0.3) is 28.4 Å². The lowest BCUT2D eigenvalue weighted by Gasteiger charge is -2.10. The van der Waals surface area contributed by atoms with Crippen molar-refractivity contribution in [2.75, 3.05) is 5.75 Å². The van der Waals surface area contributed by atoms with Crippen LogP contribution in [-0.2, 0) is 16.9 Å². The molecule has 4 aromatic heterocycles. The molecule has 0 aromatic carbocycles. The van der Waals surface area contributed by atoms with E-state index in [0.717, 1.165) is 11.2 Å². The van der Waals surface area contributed by atoms with E-state index in [1.165, 1.54) is 17.1 Å². The molecule has 0 amide bonds. The zero-order valence-corrected chi connectivity index (χ0v) is 16.9. The number of pyridine rings is 2. The van der Waals surface area contributed by atoms with Crippen LogP contribution in [0.1, 0.15) is 12.6 Å². The number of halogens is 1. The fourth-order valence-electron chi connectivity index (χ4n) is 2.88. The summed E-state index contributed by atoms with van der Waals surface area (Å²) in [5.41, 5.74) is 2.54. The predicted octanol–water partition coefficient (Wildman–Crippen LogP) is 2.37. The molecule has 0 radical (unpaired) electrons. The van der Waals surface area contributed by atoms with Crippen LogP contribution in [0.4, 0.5) is 0 Å². The van der Waals surface area contributed by atoms with E-state index in [0.29, 0.717) is 17.2 Å². The first-order chi connectivity index (χ1) is 13.3. The number of fused-ring (bicyclic) bond motifs is 1. The van der Waals surface area contributed by atoms with Gasteiger partial charge in [0.25, 0.3) is 0 Å². The second kappa shape index (κ2) is 6.64. The number of aromatic nitrogens is 7. The van der Waals surface area contributed by atoms with Crippen molar-refractivity contribution in [3.05, 3.63) is 41.7 Å². The average Bonchev–Trinajstić information content (AvgIpc) is 3.24. The molecule has 0 aliphatic rings. The van der Waals surface area contributed by atoms with Crippen LogP contribution in [0.15, 0.2) is 35.6 Å². The Morgan fingerprint density at radius 3 is 2.64 bits per heavy atom. The van der Waals surface area contributed by atoms with Gasteiger partial charge in [-0.3, -0.25) is 4.98 Å². The molecule has 0 bridgehead atoms. The van der Waals surface area contributed by atoms with Crippen LogP contribution in [0, 0.1) is 6.92 Å². The number of imidazole rings is 1. The zero-order valence-electron chi connectivity index (χ0n) is 15.3. The van der Waals surface area contributed by atoms with Crippen LogP contribution < -0.4 is 0 Å². The standard InChI is InChI=1S/C17H16ClN7O2S/c1-4-28(26,27)13-5-6-14(25-9-20-17(18)23-25)22-15(13)16-21-11-7-10(2)19-8-12(11)24(16)3/h5-9H,4H2,1-3H3. The molecule has 28 heavy (non-hydrogen) atoms. The molecule has 0 N–H and O–H groups in total. The maximum atomic E-state index is 12.7. The lowest BCUT2D eigenvalue weighted by molar-refractivity contribution is 0.597. The summed E-state index contributed by atoms with van der Waals surface area (Å²) in [4.78, 5) is 17.4. The summed E-state index contributed by atoms with van der Waals surface area (Å²) in [6.45, 7) is 3.46. The highest BCUT2D eigenvalue weighted by Gasteiger charge is 2.24. The first-order valence-electron chi connectivity index (χ1n) is 8.41. The minimum absolute atomic E-state index is 0.0548. The highest BCUT2D eigenvalue weighted by Crippen LogP contribution is 2.29. The Morgan fingerprint density at radius 2 is 1.96 bits per heavy atom. The molecule has 0 saturated carbocycles. The smallest absolute Gasteiger partial charge is 0.242 e. The Bertz CT molecular complexity index is 1310. The van der Waals surface area contributed by atoms with Gasteiger partial charge in [0.05, 0.1) is 27.9 Å². The van der Waals surface area contributed by atoms with Crippen LogP contribution in [-0.4, -0.2) is 48.5 Å². The van der Waals surface area contributed by atoms with E-state index in [2.05, 4.69) is 25.0 Å². The Labute approximate surface area is 166 Å². The maximum absolute atomic E-state index is 12.7. The summed E-state index contributed by atoms with van der Waals surface area (Å²) in [6, 6.07) is 4.91. The Hall–Kier alpha value is -2.85. The Kier molecular flexibility index (Phi) is 4.39. The topological polar surface area (TPSA) is 108 Å². The third-order valence-corrected chi connectivity index (χ3v) is 6.31. The number of sulfone groups is 1. The van der Waals surface area contributed by atoms with E-state index < -0.39 is 9.84 Å². The molecule has 0 aliphatic carbocycles. The van der Waals surface area contributed by atoms with Gasteiger partial charge in [-0.05, 0) is 36.7 Å². The third kappa shape index (κ3) is 3.04. The monoisotopic (exact) mass is 417 g/mol. The third-order valence-electron chi connectivity index (χ3n) is 4.37. The first-order valence-corrected chi connectivity index (χ1v) is 10.4. The van der Waals surface area contributed by atoms with Gasteiger partial charge in [-0.15, -0.1) is 5.10 Å². The lowest BCUT2D eigenvalue weighted by atomic mass is 10.3. The molecule has 0 saturated heterocycles. The number of aryl methyl sites for hydroxylation is 2. The van der Waals surface area contributed by atoms with Gasteiger partial charge in [-0.2, -0.15) is 0 Å². The van der Waals surface area contributed by atoms with E-state index in [1.807, 2.05) is 13.0 Å². The van der Waals surface area contributed by atoms with Gasteiger partial charge in [-0.1, -0.05) is 6.92 Å². The van der Waals surface area contributed by atoms with Gasteiger partial charge >= 0.3 is 0 Å². The number of hydrogen-bond acceptors (Lipinski definition) is 7. The first kappa shape index (κ1) is 18.5. The molecule has 144 valence electrons. The predicted molar refractivity (Wildman–Crippen MR) is 104 cm³/mol. The van der Waals surface area contributed by atoms with Crippen LogP contribution >= 0.6 is 11.6 Å². The minimum Gasteiger partial charge on any atom is -0.324 e. The lowest BCUT2D eigenvalue weighted by Crippen LogP contribution is -2.10. The molecule has 0 fully saturated rings. The summed E-state index contributed by atoms with van der Waals surface area (Å²) in [7, 11) is -1.74. The molecular weight excluding hydrogens is 402 g/mol. The Morgan fingerprint density at radius 1 is 1.18 bits per heavy atom. The van der Waals surface area contributed by atoms with Gasteiger partial charge in [0, 0.05) is 12.7 Å². The highest BCUT2D eigenvalue weighted by molar-refractivity contribution is 7.91. The molecule has 0 unspecified atom stereocenters. The average molecular weight is 418 g/mol. The summed E-state index contributed by atoms with van der Waals surface area (Å²) < 4.78 is 28.5. The highest BCUT2D eigenvalue weighted by atomic mass is 35.5. The molecule has 4 aromatic rings. The van der Waals surface area contributed by atoms with Crippen molar-refractivity contribution in [2.24, 2.45) is 7.05 Å². The summed E-state index contributed by atoms with van der Waals surface area (Å²) in [5.74, 6) is 0.745. The Balaban J connectivity index is 2.01. The molecular formula is C17H16ClN7O2S. The maximum Gasteiger partial charge on any atom is 0.242 e. The van der Waals surface area contributed by atoms with Crippen LogP contribution in [0.2, 0.25) is 5.28 Å². The summed E-state index contributed by atoms with van der Waals surface area (Å²) in [5, 5.41) is 4.09. The van der Waals surface area contributed by atoms with E-state index in [-0.39, 0.29) is 21.6 Å². The van der Waals surface area contributed by atoms with E-state index in [9.17, 15) is 8.42 Å². The van der Waals surface area contributed by atoms with Gasteiger partial charge in [-0.25, -0.2) is 28.1 Å². The van der Waals surface area contributed by atoms with E-state index in [4.69, 9.17) is 11.6 Å². The molecule has 11 heteroatoms. The van der Waals surface area contributed by atoms with Crippen LogP contribution in [0.3, 0.4) is 0 Å². The van der Waals surface area contributed by atoms with Crippen molar-refractivity contribution < 1.29 is 8.42 Å². The summed E-state index contributed by atoms with van der Waals surface area (Å²) >= 11 is 5.80. The van der Waals surface area contributed by atoms with Gasteiger partial charge in [0.2, 0.25) is 5.28 Å².